The Hall–Kier alpha value is -1.76. The van der Waals surface area contributed by atoms with Gasteiger partial charge in [0.2, 0.25) is 5.91 Å². The number of halogens is 3. The molecule has 0 saturated carbocycles. The van der Waals surface area contributed by atoms with Gasteiger partial charge in [0.1, 0.15) is 5.75 Å². The van der Waals surface area contributed by atoms with E-state index >= 15 is 0 Å². The van der Waals surface area contributed by atoms with Crippen molar-refractivity contribution in [2.24, 2.45) is 0 Å². The molecule has 0 unspecified atom stereocenters. The van der Waals surface area contributed by atoms with Gasteiger partial charge in [-0.2, -0.15) is 0 Å². The SMILES string of the molecule is CNCCCC(=O)NCc1ccccc1OC(F)(F)F. The third-order valence-electron chi connectivity index (χ3n) is 2.50. The van der Waals surface area contributed by atoms with Gasteiger partial charge in [-0.15, -0.1) is 13.2 Å². The summed E-state index contributed by atoms with van der Waals surface area (Å²) in [6, 6.07) is 5.73. The number of nitrogens with one attached hydrogen (secondary N) is 2. The average molecular weight is 290 g/mol. The number of alkyl halides is 3. The zero-order valence-electron chi connectivity index (χ0n) is 11.1. The summed E-state index contributed by atoms with van der Waals surface area (Å²) in [6.45, 7) is 0.714. The molecule has 0 heterocycles. The molecule has 0 aliphatic carbocycles. The fourth-order valence-corrected chi connectivity index (χ4v) is 1.58. The number of hydrogen-bond acceptors (Lipinski definition) is 3. The molecule has 0 bridgehead atoms. The van der Waals surface area contributed by atoms with Gasteiger partial charge in [-0.25, -0.2) is 0 Å². The standard InChI is InChI=1S/C13H17F3N2O2/c1-17-8-4-7-12(19)18-9-10-5-2-3-6-11(10)20-13(14,15)16/h2-3,5-6,17H,4,7-9H2,1H3,(H,18,19). The zero-order valence-corrected chi connectivity index (χ0v) is 11.1. The molecule has 0 atom stereocenters. The number of amides is 1. The highest BCUT2D eigenvalue weighted by atomic mass is 19.4. The van der Waals surface area contributed by atoms with Crippen molar-refractivity contribution in [3.63, 3.8) is 0 Å². The van der Waals surface area contributed by atoms with E-state index in [1.54, 1.807) is 13.1 Å². The van der Waals surface area contributed by atoms with Gasteiger partial charge in [0, 0.05) is 18.5 Å². The Morgan fingerprint density at radius 3 is 2.65 bits per heavy atom. The Morgan fingerprint density at radius 2 is 2.00 bits per heavy atom. The topological polar surface area (TPSA) is 50.4 Å². The minimum Gasteiger partial charge on any atom is -0.405 e. The van der Waals surface area contributed by atoms with Gasteiger partial charge in [-0.1, -0.05) is 18.2 Å². The molecule has 1 aromatic carbocycles. The van der Waals surface area contributed by atoms with Crippen molar-refractivity contribution >= 4 is 5.91 Å². The molecule has 1 aromatic rings. The number of carbonyl (C=O) groups excluding carboxylic acids is 1. The maximum atomic E-state index is 12.2. The molecule has 4 nitrogen and oxygen atoms in total. The summed E-state index contributed by atoms with van der Waals surface area (Å²) in [6.07, 6.45) is -3.75. The Kier molecular flexibility index (Phi) is 6.30. The lowest BCUT2D eigenvalue weighted by Crippen LogP contribution is -2.25. The van der Waals surface area contributed by atoms with E-state index in [4.69, 9.17) is 0 Å². The first-order valence-corrected chi connectivity index (χ1v) is 6.17. The second kappa shape index (κ2) is 7.74. The van der Waals surface area contributed by atoms with E-state index in [2.05, 4.69) is 15.4 Å². The van der Waals surface area contributed by atoms with Crippen molar-refractivity contribution in [1.82, 2.24) is 10.6 Å². The van der Waals surface area contributed by atoms with Crippen molar-refractivity contribution in [2.45, 2.75) is 25.7 Å². The lowest BCUT2D eigenvalue weighted by molar-refractivity contribution is -0.274. The van der Waals surface area contributed by atoms with Crippen molar-refractivity contribution in [2.75, 3.05) is 13.6 Å². The number of ether oxygens (including phenoxy) is 1. The van der Waals surface area contributed by atoms with Gasteiger partial charge >= 0.3 is 6.36 Å². The highest BCUT2D eigenvalue weighted by Crippen LogP contribution is 2.25. The van der Waals surface area contributed by atoms with E-state index in [9.17, 15) is 18.0 Å². The maximum absolute atomic E-state index is 12.2. The fraction of sp³-hybridized carbons (Fsp3) is 0.462. The van der Waals surface area contributed by atoms with Crippen LogP contribution in [0.1, 0.15) is 18.4 Å². The molecule has 0 saturated heterocycles. The summed E-state index contributed by atoms with van der Waals surface area (Å²) >= 11 is 0. The van der Waals surface area contributed by atoms with Gasteiger partial charge in [0.25, 0.3) is 0 Å². The molecular weight excluding hydrogens is 273 g/mol. The summed E-state index contributed by atoms with van der Waals surface area (Å²) in [7, 11) is 1.78. The van der Waals surface area contributed by atoms with E-state index in [-0.39, 0.29) is 23.8 Å². The van der Waals surface area contributed by atoms with Gasteiger partial charge in [0.15, 0.2) is 0 Å². The Labute approximate surface area is 115 Å². The highest BCUT2D eigenvalue weighted by molar-refractivity contribution is 5.75. The summed E-state index contributed by atoms with van der Waals surface area (Å²) in [5, 5.41) is 5.48. The normalized spacial score (nSPS) is 11.2. The molecule has 0 radical (unpaired) electrons. The van der Waals surface area contributed by atoms with Gasteiger partial charge in [-0.05, 0) is 26.1 Å². The first-order valence-electron chi connectivity index (χ1n) is 6.17. The molecule has 0 spiro atoms. The van der Waals surface area contributed by atoms with Crippen LogP contribution < -0.4 is 15.4 Å². The predicted molar refractivity (Wildman–Crippen MR) is 68.1 cm³/mol. The summed E-state index contributed by atoms with van der Waals surface area (Å²) in [5.74, 6) is -0.502. The van der Waals surface area contributed by atoms with Crippen LogP contribution in [-0.2, 0) is 11.3 Å². The summed E-state index contributed by atoms with van der Waals surface area (Å²) in [5.41, 5.74) is 0.284. The molecule has 2 N–H and O–H groups in total. The maximum Gasteiger partial charge on any atom is 0.573 e. The number of benzene rings is 1. The average Bonchev–Trinajstić information content (AvgIpc) is 2.36. The summed E-state index contributed by atoms with van der Waals surface area (Å²) in [4.78, 5) is 11.5. The van der Waals surface area contributed by atoms with Crippen LogP contribution in [0.2, 0.25) is 0 Å². The minimum atomic E-state index is -4.74. The first kappa shape index (κ1) is 16.3. The molecule has 20 heavy (non-hydrogen) atoms. The van der Waals surface area contributed by atoms with Crippen LogP contribution in [0.5, 0.6) is 5.75 Å². The largest absolute Gasteiger partial charge is 0.573 e. The molecule has 1 amide bonds. The Balaban J connectivity index is 2.53. The molecule has 0 aliphatic heterocycles. The van der Waals surface area contributed by atoms with Crippen molar-refractivity contribution in [3.8, 4) is 5.75 Å². The zero-order chi connectivity index (χ0) is 15.0. The fourth-order valence-electron chi connectivity index (χ4n) is 1.58. The minimum absolute atomic E-state index is 0.00460. The van der Waals surface area contributed by atoms with E-state index in [1.165, 1.54) is 18.2 Å². The molecule has 0 fully saturated rings. The smallest absolute Gasteiger partial charge is 0.405 e. The van der Waals surface area contributed by atoms with Gasteiger partial charge in [0.05, 0.1) is 0 Å². The van der Waals surface area contributed by atoms with Crippen LogP contribution in [0.4, 0.5) is 13.2 Å². The monoisotopic (exact) mass is 290 g/mol. The van der Waals surface area contributed by atoms with Crippen LogP contribution in [0.3, 0.4) is 0 Å². The van der Waals surface area contributed by atoms with Crippen LogP contribution in [0.25, 0.3) is 0 Å². The second-order valence-electron chi connectivity index (χ2n) is 4.14. The van der Waals surface area contributed by atoms with Crippen LogP contribution in [-0.4, -0.2) is 25.9 Å². The molecular formula is C13H17F3N2O2. The number of para-hydroxylation sites is 1. The second-order valence-corrected chi connectivity index (χ2v) is 4.14. The molecule has 112 valence electrons. The summed E-state index contributed by atoms with van der Waals surface area (Å²) < 4.78 is 40.5. The van der Waals surface area contributed by atoms with Crippen molar-refractivity contribution < 1.29 is 22.7 Å². The quantitative estimate of drug-likeness (QED) is 0.757. The van der Waals surface area contributed by atoms with Crippen molar-refractivity contribution in [3.05, 3.63) is 29.8 Å². The van der Waals surface area contributed by atoms with Crippen LogP contribution in [0, 0.1) is 0 Å². The van der Waals surface area contributed by atoms with E-state index in [0.717, 1.165) is 0 Å². The number of hydrogen-bond donors (Lipinski definition) is 2. The van der Waals surface area contributed by atoms with Gasteiger partial charge in [-0.3, -0.25) is 4.79 Å². The third kappa shape index (κ3) is 6.42. The predicted octanol–water partition coefficient (Wildman–Crippen LogP) is 2.20. The van der Waals surface area contributed by atoms with Crippen molar-refractivity contribution in [1.29, 1.82) is 0 Å². The third-order valence-corrected chi connectivity index (χ3v) is 2.50. The Bertz CT molecular complexity index is 436. The lowest BCUT2D eigenvalue weighted by atomic mass is 10.2. The van der Waals surface area contributed by atoms with E-state index in [1.807, 2.05) is 0 Å². The molecule has 0 aliphatic rings. The molecule has 7 heteroatoms. The Morgan fingerprint density at radius 1 is 1.30 bits per heavy atom. The molecule has 0 aromatic heterocycles. The lowest BCUT2D eigenvalue weighted by Gasteiger charge is -2.13. The van der Waals surface area contributed by atoms with E-state index < -0.39 is 6.36 Å². The highest BCUT2D eigenvalue weighted by Gasteiger charge is 2.31. The van der Waals surface area contributed by atoms with E-state index in [0.29, 0.717) is 19.4 Å². The van der Waals surface area contributed by atoms with Crippen LogP contribution >= 0.6 is 0 Å². The molecule has 1 rings (SSSR count). The number of rotatable bonds is 7. The van der Waals surface area contributed by atoms with Crippen LogP contribution in [0.15, 0.2) is 24.3 Å². The number of carbonyl (C=O) groups is 1. The van der Waals surface area contributed by atoms with Gasteiger partial charge < -0.3 is 15.4 Å². The first-order chi connectivity index (χ1) is 9.42.